The maximum atomic E-state index is 12.3. The van der Waals surface area contributed by atoms with Crippen molar-refractivity contribution in [1.29, 1.82) is 5.26 Å². The highest BCUT2D eigenvalue weighted by Crippen LogP contribution is 2.20. The summed E-state index contributed by atoms with van der Waals surface area (Å²) < 4.78 is 5.67. The molecule has 0 atom stereocenters. The molecule has 0 aliphatic rings. The van der Waals surface area contributed by atoms with Crippen molar-refractivity contribution in [1.82, 2.24) is 4.90 Å². The van der Waals surface area contributed by atoms with Gasteiger partial charge in [0.15, 0.2) is 5.60 Å². The van der Waals surface area contributed by atoms with Gasteiger partial charge in [-0.2, -0.15) is 5.26 Å². The average Bonchev–Trinajstić information content (AvgIpc) is 2.44. The molecule has 0 aromatic heterocycles. The molecule has 0 aliphatic carbocycles. The molecule has 0 saturated carbocycles. The summed E-state index contributed by atoms with van der Waals surface area (Å²) in [4.78, 5) is 24.7. The van der Waals surface area contributed by atoms with Crippen molar-refractivity contribution in [3.8, 4) is 11.8 Å². The number of nitrogens with zero attached hydrogens (tertiary/aromatic N) is 2. The lowest BCUT2D eigenvalue weighted by Gasteiger charge is -2.29. The number of rotatable bonds is 6. The molecule has 0 unspecified atom stereocenters. The van der Waals surface area contributed by atoms with Crippen LogP contribution < -0.4 is 10.5 Å². The number of hydrogen-bond acceptors (Lipinski definition) is 4. The summed E-state index contributed by atoms with van der Waals surface area (Å²) in [6.45, 7) is 3.66. The van der Waals surface area contributed by atoms with E-state index < -0.39 is 11.5 Å². The van der Waals surface area contributed by atoms with E-state index in [4.69, 9.17) is 15.7 Å². The smallest absolute Gasteiger partial charge is 0.265 e. The van der Waals surface area contributed by atoms with Gasteiger partial charge in [0.1, 0.15) is 5.75 Å². The molecule has 0 fully saturated rings. The Kier molecular flexibility index (Phi) is 5.30. The first-order valence-electron chi connectivity index (χ1n) is 6.49. The molecule has 0 radical (unpaired) electrons. The second-order valence-electron chi connectivity index (χ2n) is 5.14. The van der Waals surface area contributed by atoms with Crippen LogP contribution in [0, 0.1) is 11.3 Å². The van der Waals surface area contributed by atoms with E-state index in [9.17, 15) is 9.59 Å². The second-order valence-corrected chi connectivity index (χ2v) is 5.14. The third-order valence-corrected chi connectivity index (χ3v) is 2.93. The second kappa shape index (κ2) is 6.75. The summed E-state index contributed by atoms with van der Waals surface area (Å²) in [7, 11) is 1.63. The quantitative estimate of drug-likeness (QED) is 0.854. The van der Waals surface area contributed by atoms with E-state index in [-0.39, 0.29) is 12.3 Å². The van der Waals surface area contributed by atoms with Crippen molar-refractivity contribution in [3.63, 3.8) is 0 Å². The minimum atomic E-state index is -1.07. The molecule has 6 nitrogen and oxygen atoms in total. The lowest BCUT2D eigenvalue weighted by atomic mass is 10.1. The van der Waals surface area contributed by atoms with Crippen molar-refractivity contribution >= 4 is 11.8 Å². The molecule has 2 N–H and O–H groups in total. The van der Waals surface area contributed by atoms with Crippen molar-refractivity contribution in [2.24, 2.45) is 5.73 Å². The van der Waals surface area contributed by atoms with E-state index in [0.29, 0.717) is 17.9 Å². The van der Waals surface area contributed by atoms with Gasteiger partial charge in [-0.25, -0.2) is 0 Å². The summed E-state index contributed by atoms with van der Waals surface area (Å²) in [5.41, 5.74) is 4.46. The largest absolute Gasteiger partial charge is 0.478 e. The van der Waals surface area contributed by atoms with Gasteiger partial charge < -0.3 is 15.4 Å². The van der Waals surface area contributed by atoms with Gasteiger partial charge in [0.2, 0.25) is 5.91 Å². The fourth-order valence-corrected chi connectivity index (χ4v) is 1.80. The minimum absolute atomic E-state index is 0.225. The molecule has 1 aromatic rings. The number of ether oxygens (including phenoxy) is 1. The fourth-order valence-electron chi connectivity index (χ4n) is 1.80. The van der Waals surface area contributed by atoms with Crippen LogP contribution in [0.3, 0.4) is 0 Å². The fraction of sp³-hybridized carbons (Fsp3) is 0.400. The Labute approximate surface area is 124 Å². The van der Waals surface area contributed by atoms with Gasteiger partial charge in [-0.1, -0.05) is 0 Å². The van der Waals surface area contributed by atoms with Gasteiger partial charge in [-0.3, -0.25) is 9.59 Å². The van der Waals surface area contributed by atoms with Crippen LogP contribution in [0.5, 0.6) is 5.75 Å². The molecular formula is C15H19N3O3. The normalized spacial score (nSPS) is 10.6. The molecule has 1 rings (SSSR count). The SMILES string of the molecule is CN(CCC#N)C(=O)C(C)(C)Oc1ccc(C(N)=O)cc1. The molecule has 0 bridgehead atoms. The molecule has 21 heavy (non-hydrogen) atoms. The van der Waals surface area contributed by atoms with Gasteiger partial charge in [0.25, 0.3) is 5.91 Å². The lowest BCUT2D eigenvalue weighted by molar-refractivity contribution is -0.144. The Balaban J connectivity index is 2.77. The number of amides is 2. The summed E-state index contributed by atoms with van der Waals surface area (Å²) in [5.74, 6) is -0.281. The Bertz CT molecular complexity index is 559. The van der Waals surface area contributed by atoms with E-state index in [0.717, 1.165) is 0 Å². The number of carbonyl (C=O) groups excluding carboxylic acids is 2. The van der Waals surface area contributed by atoms with Crippen LogP contribution in [-0.4, -0.2) is 35.9 Å². The van der Waals surface area contributed by atoms with Gasteiger partial charge in [-0.05, 0) is 38.1 Å². The van der Waals surface area contributed by atoms with Crippen LogP contribution >= 0.6 is 0 Å². The molecule has 0 aliphatic heterocycles. The highest BCUT2D eigenvalue weighted by atomic mass is 16.5. The van der Waals surface area contributed by atoms with Crippen molar-refractivity contribution in [3.05, 3.63) is 29.8 Å². The van der Waals surface area contributed by atoms with E-state index in [1.807, 2.05) is 6.07 Å². The van der Waals surface area contributed by atoms with E-state index in [1.54, 1.807) is 33.0 Å². The highest BCUT2D eigenvalue weighted by Gasteiger charge is 2.32. The van der Waals surface area contributed by atoms with Crippen LogP contribution in [0.1, 0.15) is 30.6 Å². The zero-order valence-corrected chi connectivity index (χ0v) is 12.4. The third kappa shape index (κ3) is 4.49. The van der Waals surface area contributed by atoms with Gasteiger partial charge in [0.05, 0.1) is 12.5 Å². The van der Waals surface area contributed by atoms with Gasteiger partial charge in [0, 0.05) is 19.2 Å². The minimum Gasteiger partial charge on any atom is -0.478 e. The van der Waals surface area contributed by atoms with Crippen LogP contribution in [0.4, 0.5) is 0 Å². The Morgan fingerprint density at radius 1 is 1.33 bits per heavy atom. The lowest BCUT2D eigenvalue weighted by Crippen LogP contribution is -2.47. The van der Waals surface area contributed by atoms with Crippen LogP contribution in [0.15, 0.2) is 24.3 Å². The summed E-state index contributed by atoms with van der Waals surface area (Å²) in [5, 5.41) is 8.55. The first-order valence-corrected chi connectivity index (χ1v) is 6.49. The highest BCUT2D eigenvalue weighted by molar-refractivity contribution is 5.92. The third-order valence-electron chi connectivity index (χ3n) is 2.93. The zero-order chi connectivity index (χ0) is 16.0. The number of hydrogen-bond donors (Lipinski definition) is 1. The molecule has 0 spiro atoms. The molecular weight excluding hydrogens is 270 g/mol. The maximum absolute atomic E-state index is 12.3. The Hall–Kier alpha value is -2.55. The maximum Gasteiger partial charge on any atom is 0.265 e. The Morgan fingerprint density at radius 2 is 1.90 bits per heavy atom. The predicted octanol–water partition coefficient (Wildman–Crippen LogP) is 1.31. The van der Waals surface area contributed by atoms with Crippen molar-refractivity contribution in [2.75, 3.05) is 13.6 Å². The monoisotopic (exact) mass is 289 g/mol. The number of carbonyl (C=O) groups is 2. The van der Waals surface area contributed by atoms with E-state index in [1.165, 1.54) is 17.0 Å². The predicted molar refractivity (Wildman–Crippen MR) is 77.5 cm³/mol. The van der Waals surface area contributed by atoms with Crippen molar-refractivity contribution < 1.29 is 14.3 Å². The van der Waals surface area contributed by atoms with Crippen LogP contribution in [0.2, 0.25) is 0 Å². The molecule has 112 valence electrons. The Morgan fingerprint density at radius 3 is 2.38 bits per heavy atom. The molecule has 0 saturated heterocycles. The van der Waals surface area contributed by atoms with Crippen LogP contribution in [0.25, 0.3) is 0 Å². The summed E-state index contributed by atoms with van der Waals surface area (Å²) in [6.07, 6.45) is 0.269. The van der Waals surface area contributed by atoms with Gasteiger partial charge >= 0.3 is 0 Å². The first-order chi connectivity index (χ1) is 9.77. The van der Waals surface area contributed by atoms with Crippen LogP contribution in [-0.2, 0) is 4.79 Å². The van der Waals surface area contributed by atoms with Gasteiger partial charge in [-0.15, -0.1) is 0 Å². The zero-order valence-electron chi connectivity index (χ0n) is 12.4. The molecule has 1 aromatic carbocycles. The molecule has 0 heterocycles. The number of likely N-dealkylation sites (N-methyl/N-ethyl adjacent to an activating group) is 1. The standard InChI is InChI=1S/C15H19N3O3/c1-15(2,14(20)18(3)10-4-9-16)21-12-7-5-11(6-8-12)13(17)19/h5-8H,4,10H2,1-3H3,(H2,17,19). The summed E-state index contributed by atoms with van der Waals surface area (Å²) >= 11 is 0. The topological polar surface area (TPSA) is 96.4 Å². The summed E-state index contributed by atoms with van der Waals surface area (Å²) in [6, 6.07) is 8.25. The molecule has 6 heteroatoms. The number of nitrogens with two attached hydrogens (primary N) is 1. The first kappa shape index (κ1) is 16.5. The number of nitriles is 1. The van der Waals surface area contributed by atoms with Crippen molar-refractivity contribution in [2.45, 2.75) is 25.9 Å². The molecule has 2 amide bonds. The average molecular weight is 289 g/mol. The van der Waals surface area contributed by atoms with E-state index >= 15 is 0 Å². The number of primary amides is 1. The van der Waals surface area contributed by atoms with E-state index in [2.05, 4.69) is 0 Å². The number of benzene rings is 1.